The molecular formula is C9H11BrO3S. The molecule has 0 saturated heterocycles. The van der Waals surface area contributed by atoms with Gasteiger partial charge in [0, 0.05) is 5.56 Å². The van der Waals surface area contributed by atoms with E-state index < -0.39 is 5.97 Å². The molecule has 1 aromatic rings. The molecule has 1 rings (SSSR count). The Bertz CT molecular complexity index is 320. The molecule has 0 aromatic carbocycles. The lowest BCUT2D eigenvalue weighted by atomic mass is 10.3. The van der Waals surface area contributed by atoms with Crippen molar-refractivity contribution in [1.29, 1.82) is 0 Å². The van der Waals surface area contributed by atoms with Crippen LogP contribution in [-0.4, -0.2) is 19.4 Å². The lowest BCUT2D eigenvalue weighted by Crippen LogP contribution is -2.00. The Balaban J connectivity index is 0.000000791. The van der Waals surface area contributed by atoms with E-state index in [1.54, 1.807) is 6.07 Å². The van der Waals surface area contributed by atoms with Gasteiger partial charge in [0.05, 0.1) is 10.9 Å². The van der Waals surface area contributed by atoms with Gasteiger partial charge in [-0.05, 0) is 22.0 Å². The Morgan fingerprint density at radius 2 is 2.14 bits per heavy atom. The van der Waals surface area contributed by atoms with Crippen molar-refractivity contribution in [3.63, 3.8) is 0 Å². The van der Waals surface area contributed by atoms with Crippen LogP contribution in [0.25, 0.3) is 0 Å². The topological polar surface area (TPSA) is 43.4 Å². The molecule has 0 fully saturated rings. The highest BCUT2D eigenvalue weighted by Crippen LogP contribution is 2.26. The molecule has 78 valence electrons. The smallest absolute Gasteiger partial charge is 0.348 e. The van der Waals surface area contributed by atoms with Crippen molar-refractivity contribution in [3.05, 3.63) is 20.3 Å². The minimum Gasteiger partial charge on any atom is -0.465 e. The van der Waals surface area contributed by atoms with Gasteiger partial charge in [-0.1, -0.05) is 13.8 Å². The molecule has 1 heterocycles. The van der Waals surface area contributed by atoms with Gasteiger partial charge in [0.2, 0.25) is 0 Å². The molecule has 0 amide bonds. The molecule has 0 aliphatic carbocycles. The van der Waals surface area contributed by atoms with Crippen molar-refractivity contribution in [2.45, 2.75) is 13.8 Å². The highest BCUT2D eigenvalue weighted by atomic mass is 79.9. The third-order valence-corrected chi connectivity index (χ3v) is 2.86. The molecule has 0 radical (unpaired) electrons. The zero-order valence-electron chi connectivity index (χ0n) is 8.17. The molecule has 0 saturated carbocycles. The molecule has 0 spiro atoms. The molecule has 0 unspecified atom stereocenters. The Morgan fingerprint density at radius 3 is 2.57 bits per heavy atom. The first kappa shape index (κ1) is 13.3. The Kier molecular flexibility index (Phi) is 6.40. The van der Waals surface area contributed by atoms with Crippen LogP contribution in [-0.2, 0) is 4.74 Å². The van der Waals surface area contributed by atoms with Crippen LogP contribution in [0.1, 0.15) is 33.9 Å². The quantitative estimate of drug-likeness (QED) is 0.617. The molecule has 3 nitrogen and oxygen atoms in total. The first-order valence-corrected chi connectivity index (χ1v) is 5.62. The summed E-state index contributed by atoms with van der Waals surface area (Å²) in [5.41, 5.74) is 0.360. The van der Waals surface area contributed by atoms with Crippen LogP contribution in [0.5, 0.6) is 0 Å². The standard InChI is InChI=1S/C7H5BrO3S.C2H6/c1-11-7(10)6-4(3-9)2-5(8)12-6;1-2/h2-3H,1H3;1-2H3. The van der Waals surface area contributed by atoms with E-state index in [2.05, 4.69) is 20.7 Å². The van der Waals surface area contributed by atoms with Crippen LogP contribution >= 0.6 is 27.3 Å². The zero-order valence-corrected chi connectivity index (χ0v) is 10.6. The SMILES string of the molecule is CC.COC(=O)c1sc(Br)cc1C=O. The van der Waals surface area contributed by atoms with Crippen molar-refractivity contribution in [2.75, 3.05) is 7.11 Å². The van der Waals surface area contributed by atoms with Gasteiger partial charge >= 0.3 is 5.97 Å². The maximum atomic E-state index is 11.0. The maximum Gasteiger partial charge on any atom is 0.348 e. The van der Waals surface area contributed by atoms with Gasteiger partial charge in [-0.25, -0.2) is 4.79 Å². The number of methoxy groups -OCH3 is 1. The van der Waals surface area contributed by atoms with Crippen molar-refractivity contribution < 1.29 is 14.3 Å². The summed E-state index contributed by atoms with van der Waals surface area (Å²) in [6.45, 7) is 4.00. The van der Waals surface area contributed by atoms with Gasteiger partial charge in [0.1, 0.15) is 4.88 Å². The van der Waals surface area contributed by atoms with E-state index in [0.717, 1.165) is 3.79 Å². The highest BCUT2D eigenvalue weighted by molar-refractivity contribution is 9.11. The number of rotatable bonds is 2. The number of carbonyl (C=O) groups excluding carboxylic acids is 2. The number of ether oxygens (including phenoxy) is 1. The predicted molar refractivity (Wildman–Crippen MR) is 60.1 cm³/mol. The summed E-state index contributed by atoms with van der Waals surface area (Å²) in [5, 5.41) is 0. The number of hydrogen-bond donors (Lipinski definition) is 0. The zero-order chi connectivity index (χ0) is 11.1. The van der Waals surface area contributed by atoms with E-state index in [1.807, 2.05) is 13.8 Å². The van der Waals surface area contributed by atoms with Gasteiger partial charge in [-0.2, -0.15) is 0 Å². The molecule has 0 N–H and O–H groups in total. The van der Waals surface area contributed by atoms with Crippen LogP contribution in [0, 0.1) is 0 Å². The molecule has 0 atom stereocenters. The van der Waals surface area contributed by atoms with Crippen LogP contribution in [0.15, 0.2) is 9.85 Å². The number of thiophene rings is 1. The van der Waals surface area contributed by atoms with E-state index in [9.17, 15) is 9.59 Å². The van der Waals surface area contributed by atoms with Crippen molar-refractivity contribution in [3.8, 4) is 0 Å². The van der Waals surface area contributed by atoms with Gasteiger partial charge in [0.25, 0.3) is 0 Å². The molecule has 1 aromatic heterocycles. The molecule has 14 heavy (non-hydrogen) atoms. The van der Waals surface area contributed by atoms with E-state index >= 15 is 0 Å². The number of carbonyl (C=O) groups is 2. The fraction of sp³-hybridized carbons (Fsp3) is 0.333. The minimum atomic E-state index is -0.479. The number of hydrogen-bond acceptors (Lipinski definition) is 4. The minimum absolute atomic E-state index is 0.333. The molecule has 0 bridgehead atoms. The van der Waals surface area contributed by atoms with Crippen LogP contribution in [0.3, 0.4) is 0 Å². The average molecular weight is 279 g/mol. The second-order valence-electron chi connectivity index (χ2n) is 1.94. The van der Waals surface area contributed by atoms with Crippen LogP contribution in [0.4, 0.5) is 0 Å². The maximum absolute atomic E-state index is 11.0. The van der Waals surface area contributed by atoms with E-state index in [0.29, 0.717) is 16.7 Å². The van der Waals surface area contributed by atoms with Crippen LogP contribution < -0.4 is 0 Å². The molecule has 5 heteroatoms. The average Bonchev–Trinajstić information content (AvgIpc) is 2.61. The summed E-state index contributed by atoms with van der Waals surface area (Å²) < 4.78 is 5.22. The fourth-order valence-corrected chi connectivity index (χ4v) is 2.22. The predicted octanol–water partition coefficient (Wildman–Crippen LogP) is 3.14. The second kappa shape index (κ2) is 6.73. The second-order valence-corrected chi connectivity index (χ2v) is 4.38. The van der Waals surface area contributed by atoms with Crippen molar-refractivity contribution in [2.24, 2.45) is 0 Å². The van der Waals surface area contributed by atoms with Crippen molar-refractivity contribution >= 4 is 39.5 Å². The summed E-state index contributed by atoms with van der Waals surface area (Å²) in [4.78, 5) is 21.8. The third-order valence-electron chi connectivity index (χ3n) is 1.23. The van der Waals surface area contributed by atoms with E-state index in [1.165, 1.54) is 18.4 Å². The fourth-order valence-electron chi connectivity index (χ4n) is 0.713. The third kappa shape index (κ3) is 3.23. The summed E-state index contributed by atoms with van der Waals surface area (Å²) in [6, 6.07) is 1.59. The lowest BCUT2D eigenvalue weighted by molar-refractivity contribution is 0.0604. The Morgan fingerprint density at radius 1 is 1.57 bits per heavy atom. The highest BCUT2D eigenvalue weighted by Gasteiger charge is 2.14. The number of esters is 1. The van der Waals surface area contributed by atoms with Crippen LogP contribution in [0.2, 0.25) is 0 Å². The first-order chi connectivity index (χ1) is 6.69. The lowest BCUT2D eigenvalue weighted by Gasteiger charge is -1.93. The largest absolute Gasteiger partial charge is 0.465 e. The summed E-state index contributed by atoms with van der Waals surface area (Å²) >= 11 is 4.36. The van der Waals surface area contributed by atoms with E-state index in [-0.39, 0.29) is 0 Å². The van der Waals surface area contributed by atoms with Gasteiger partial charge in [-0.15, -0.1) is 11.3 Å². The summed E-state index contributed by atoms with van der Waals surface area (Å²) in [7, 11) is 1.28. The van der Waals surface area contributed by atoms with E-state index in [4.69, 9.17) is 0 Å². The Labute approximate surface area is 95.2 Å². The molecular weight excluding hydrogens is 268 g/mol. The number of halogens is 1. The Hall–Kier alpha value is -0.680. The van der Waals surface area contributed by atoms with Gasteiger partial charge < -0.3 is 4.74 Å². The monoisotopic (exact) mass is 278 g/mol. The first-order valence-electron chi connectivity index (χ1n) is 4.02. The molecule has 0 aliphatic rings. The summed E-state index contributed by atoms with van der Waals surface area (Å²) in [5.74, 6) is -0.479. The summed E-state index contributed by atoms with van der Waals surface area (Å²) in [6.07, 6.45) is 0.632. The van der Waals surface area contributed by atoms with Gasteiger partial charge in [-0.3, -0.25) is 4.79 Å². The normalized spacial score (nSPS) is 8.57. The number of aldehydes is 1. The van der Waals surface area contributed by atoms with Gasteiger partial charge in [0.15, 0.2) is 6.29 Å². The molecule has 0 aliphatic heterocycles. The van der Waals surface area contributed by atoms with Crippen molar-refractivity contribution in [1.82, 2.24) is 0 Å².